The second-order valence-electron chi connectivity index (χ2n) is 3.77. The Morgan fingerprint density at radius 3 is 2.75 bits per heavy atom. The van der Waals surface area contributed by atoms with Crippen LogP contribution in [0.25, 0.3) is 0 Å². The molecule has 3 heteroatoms. The van der Waals surface area contributed by atoms with Crippen LogP contribution in [0.2, 0.25) is 0 Å². The van der Waals surface area contributed by atoms with E-state index in [1.54, 1.807) is 0 Å². The van der Waals surface area contributed by atoms with Gasteiger partial charge in [0.25, 0.3) is 0 Å². The fraction of sp³-hybridized carbons (Fsp3) is 0.462. The fourth-order valence-corrected chi connectivity index (χ4v) is 2.27. The van der Waals surface area contributed by atoms with Crippen molar-refractivity contribution < 1.29 is 9.53 Å². The molecular weight excluding hydrogens is 268 g/mol. The highest BCUT2D eigenvalue weighted by molar-refractivity contribution is 9.10. The maximum atomic E-state index is 11.2. The molecule has 1 atom stereocenters. The fourth-order valence-electron chi connectivity index (χ4n) is 1.60. The van der Waals surface area contributed by atoms with Gasteiger partial charge in [0.1, 0.15) is 0 Å². The summed E-state index contributed by atoms with van der Waals surface area (Å²) in [6, 6.07) is 8.11. The van der Waals surface area contributed by atoms with Crippen molar-refractivity contribution in [2.24, 2.45) is 0 Å². The summed E-state index contributed by atoms with van der Waals surface area (Å²) in [5.74, 6) is 0.251. The molecule has 0 saturated carbocycles. The lowest BCUT2D eigenvalue weighted by Crippen LogP contribution is -2.06. The first-order valence-corrected chi connectivity index (χ1v) is 6.34. The van der Waals surface area contributed by atoms with E-state index in [2.05, 4.69) is 28.9 Å². The molecule has 0 spiro atoms. The van der Waals surface area contributed by atoms with Crippen LogP contribution in [0.15, 0.2) is 28.7 Å². The van der Waals surface area contributed by atoms with Gasteiger partial charge in [-0.05, 0) is 30.9 Å². The van der Waals surface area contributed by atoms with Crippen LogP contribution in [0.1, 0.15) is 38.2 Å². The van der Waals surface area contributed by atoms with Crippen LogP contribution in [0.4, 0.5) is 0 Å². The van der Waals surface area contributed by atoms with Crippen LogP contribution >= 0.6 is 15.9 Å². The van der Waals surface area contributed by atoms with E-state index in [1.165, 1.54) is 5.56 Å². The lowest BCUT2D eigenvalue weighted by Gasteiger charge is -2.12. The molecule has 0 N–H and O–H groups in total. The van der Waals surface area contributed by atoms with Gasteiger partial charge in [0.05, 0.1) is 6.61 Å². The smallest absolute Gasteiger partial charge is 0.305 e. The van der Waals surface area contributed by atoms with E-state index >= 15 is 0 Å². The van der Waals surface area contributed by atoms with Crippen molar-refractivity contribution in [2.75, 3.05) is 6.61 Å². The van der Waals surface area contributed by atoms with E-state index in [0.717, 1.165) is 10.9 Å². The zero-order valence-electron chi connectivity index (χ0n) is 9.70. The SMILES string of the molecule is CCOC(=O)CCC(C)c1ccccc1Br. The Balaban J connectivity index is 2.50. The number of rotatable bonds is 5. The number of carbonyl (C=O) groups is 1. The van der Waals surface area contributed by atoms with E-state index in [1.807, 2.05) is 25.1 Å². The summed E-state index contributed by atoms with van der Waals surface area (Å²) in [5.41, 5.74) is 1.24. The minimum absolute atomic E-state index is 0.110. The number of esters is 1. The van der Waals surface area contributed by atoms with Crippen LogP contribution in [0, 0.1) is 0 Å². The monoisotopic (exact) mass is 284 g/mol. The Morgan fingerprint density at radius 2 is 2.12 bits per heavy atom. The number of halogens is 1. The number of ether oxygens (including phenoxy) is 1. The first kappa shape index (κ1) is 13.2. The number of benzene rings is 1. The standard InChI is InChI=1S/C13H17BrO2/c1-3-16-13(15)9-8-10(2)11-6-4-5-7-12(11)14/h4-7,10H,3,8-9H2,1-2H3. The van der Waals surface area contributed by atoms with Gasteiger partial charge < -0.3 is 4.74 Å². The highest BCUT2D eigenvalue weighted by atomic mass is 79.9. The highest BCUT2D eigenvalue weighted by Crippen LogP contribution is 2.27. The van der Waals surface area contributed by atoms with Crippen LogP contribution in [-0.2, 0) is 9.53 Å². The topological polar surface area (TPSA) is 26.3 Å². The van der Waals surface area contributed by atoms with Crippen LogP contribution < -0.4 is 0 Å². The van der Waals surface area contributed by atoms with Gasteiger partial charge in [-0.2, -0.15) is 0 Å². The molecule has 1 unspecified atom stereocenters. The molecule has 88 valence electrons. The van der Waals surface area contributed by atoms with E-state index in [-0.39, 0.29) is 5.97 Å². The third-order valence-corrected chi connectivity index (χ3v) is 3.25. The summed E-state index contributed by atoms with van der Waals surface area (Å²) in [5, 5.41) is 0. The lowest BCUT2D eigenvalue weighted by atomic mass is 9.96. The zero-order chi connectivity index (χ0) is 12.0. The highest BCUT2D eigenvalue weighted by Gasteiger charge is 2.11. The molecule has 0 aliphatic rings. The Morgan fingerprint density at radius 1 is 1.44 bits per heavy atom. The Hall–Kier alpha value is -0.830. The lowest BCUT2D eigenvalue weighted by molar-refractivity contribution is -0.143. The van der Waals surface area contributed by atoms with Gasteiger partial charge >= 0.3 is 5.97 Å². The van der Waals surface area contributed by atoms with Gasteiger partial charge in [-0.25, -0.2) is 0 Å². The van der Waals surface area contributed by atoms with Crippen molar-refractivity contribution in [3.8, 4) is 0 Å². The molecule has 1 rings (SSSR count). The maximum absolute atomic E-state index is 11.2. The van der Waals surface area contributed by atoms with Gasteiger partial charge in [0.2, 0.25) is 0 Å². The van der Waals surface area contributed by atoms with Crippen molar-refractivity contribution in [1.82, 2.24) is 0 Å². The quantitative estimate of drug-likeness (QED) is 0.767. The van der Waals surface area contributed by atoms with Gasteiger partial charge in [-0.15, -0.1) is 0 Å². The summed E-state index contributed by atoms with van der Waals surface area (Å²) in [6.45, 7) is 4.41. The van der Waals surface area contributed by atoms with Crippen molar-refractivity contribution in [3.05, 3.63) is 34.3 Å². The van der Waals surface area contributed by atoms with Gasteiger partial charge in [0.15, 0.2) is 0 Å². The van der Waals surface area contributed by atoms with Gasteiger partial charge in [-0.1, -0.05) is 41.1 Å². The average Bonchev–Trinajstić information content (AvgIpc) is 2.27. The molecule has 0 aliphatic heterocycles. The van der Waals surface area contributed by atoms with Crippen molar-refractivity contribution in [1.29, 1.82) is 0 Å². The third kappa shape index (κ3) is 3.97. The number of hydrogen-bond acceptors (Lipinski definition) is 2. The van der Waals surface area contributed by atoms with E-state index in [4.69, 9.17) is 4.74 Å². The van der Waals surface area contributed by atoms with Crippen molar-refractivity contribution >= 4 is 21.9 Å². The Kier molecular flexibility index (Phi) is 5.53. The molecule has 2 nitrogen and oxygen atoms in total. The molecule has 0 amide bonds. The Labute approximate surface area is 105 Å². The molecule has 0 saturated heterocycles. The first-order chi connectivity index (χ1) is 7.65. The average molecular weight is 285 g/mol. The molecule has 0 heterocycles. The molecular formula is C13H17BrO2. The molecule has 0 radical (unpaired) electrons. The van der Waals surface area contributed by atoms with Crippen LogP contribution in [0.5, 0.6) is 0 Å². The second-order valence-corrected chi connectivity index (χ2v) is 4.62. The molecule has 0 aromatic heterocycles. The predicted octanol–water partition coefficient (Wildman–Crippen LogP) is 3.90. The number of carbonyl (C=O) groups excluding carboxylic acids is 1. The predicted molar refractivity (Wildman–Crippen MR) is 68.4 cm³/mol. The third-order valence-electron chi connectivity index (χ3n) is 2.52. The molecule has 1 aromatic rings. The van der Waals surface area contributed by atoms with E-state index in [0.29, 0.717) is 18.9 Å². The summed E-state index contributed by atoms with van der Waals surface area (Å²) in [4.78, 5) is 11.2. The van der Waals surface area contributed by atoms with E-state index < -0.39 is 0 Å². The summed E-state index contributed by atoms with van der Waals surface area (Å²) in [6.07, 6.45) is 1.30. The minimum atomic E-state index is -0.110. The number of hydrogen-bond donors (Lipinski definition) is 0. The molecule has 16 heavy (non-hydrogen) atoms. The summed E-state index contributed by atoms with van der Waals surface area (Å²) in [7, 11) is 0. The molecule has 0 bridgehead atoms. The van der Waals surface area contributed by atoms with Gasteiger partial charge in [0, 0.05) is 10.9 Å². The second kappa shape index (κ2) is 6.69. The van der Waals surface area contributed by atoms with E-state index in [9.17, 15) is 4.79 Å². The summed E-state index contributed by atoms with van der Waals surface area (Å²) < 4.78 is 6.01. The van der Waals surface area contributed by atoms with Crippen LogP contribution in [-0.4, -0.2) is 12.6 Å². The molecule has 0 fully saturated rings. The zero-order valence-corrected chi connectivity index (χ0v) is 11.3. The van der Waals surface area contributed by atoms with Crippen molar-refractivity contribution in [2.45, 2.75) is 32.6 Å². The Bertz CT molecular complexity index is 350. The van der Waals surface area contributed by atoms with Crippen molar-refractivity contribution in [3.63, 3.8) is 0 Å². The summed E-state index contributed by atoms with van der Waals surface area (Å²) >= 11 is 3.52. The molecule has 1 aromatic carbocycles. The van der Waals surface area contributed by atoms with Crippen LogP contribution in [0.3, 0.4) is 0 Å². The first-order valence-electron chi connectivity index (χ1n) is 5.55. The minimum Gasteiger partial charge on any atom is -0.466 e. The normalized spacial score (nSPS) is 12.2. The largest absolute Gasteiger partial charge is 0.466 e. The molecule has 0 aliphatic carbocycles. The maximum Gasteiger partial charge on any atom is 0.305 e. The van der Waals surface area contributed by atoms with Gasteiger partial charge in [-0.3, -0.25) is 4.79 Å².